The molecule has 0 aliphatic rings. The van der Waals surface area contributed by atoms with Crippen LogP contribution in [-0.4, -0.2) is 62.5 Å². The van der Waals surface area contributed by atoms with Gasteiger partial charge >= 0.3 is 0 Å². The zero-order valence-corrected chi connectivity index (χ0v) is 39.6. The summed E-state index contributed by atoms with van der Waals surface area (Å²) >= 11 is 14.2. The normalized spacial score (nSPS) is 10.1. The Hall–Kier alpha value is -1.92. The quantitative estimate of drug-likeness (QED) is 0.0421. The van der Waals surface area contributed by atoms with Crippen LogP contribution >= 0.6 is 83.2 Å². The Morgan fingerprint density at radius 2 is 1.00 bits per heavy atom. The summed E-state index contributed by atoms with van der Waals surface area (Å²) in [5.41, 5.74) is 4.83. The topological polar surface area (TPSA) is 51.2 Å². The standard InChI is InChI=1S/C18H18OS2.C17H20S2.C7H12O2S2.C5H12S/c1-15(16-9-4-2-5-10-16)20-13-8-14-21-18(19)17-11-6-3-7-12-17;1-3-8-16(9-4-1)14-18-12-7-13-19-15-17-10-5-2-6-11-17;1-7(9)11-5-2-4-10-6-3-8;1-2-3-4-5-6/h2-7,9-12H,1,8,13-14H2;1-6,8-11H,7,12-15H2;3H,2,4-6H2,1H3;6H,2-5H2,1H3. The summed E-state index contributed by atoms with van der Waals surface area (Å²) in [4.78, 5) is 33.3. The lowest BCUT2D eigenvalue weighted by Crippen LogP contribution is -1.95. The van der Waals surface area contributed by atoms with Gasteiger partial charge in [-0.15, -0.1) is 11.8 Å². The van der Waals surface area contributed by atoms with Gasteiger partial charge in [0.15, 0.2) is 5.12 Å². The van der Waals surface area contributed by atoms with Crippen LogP contribution in [0.1, 0.15) is 79.4 Å². The van der Waals surface area contributed by atoms with E-state index in [0.29, 0.717) is 5.75 Å². The Morgan fingerprint density at radius 3 is 1.47 bits per heavy atom. The van der Waals surface area contributed by atoms with E-state index in [9.17, 15) is 14.4 Å². The van der Waals surface area contributed by atoms with Crippen molar-refractivity contribution in [3.63, 3.8) is 0 Å². The second-order valence-corrected chi connectivity index (χ2v) is 19.6. The van der Waals surface area contributed by atoms with Crippen LogP contribution in [0, 0.1) is 0 Å². The second-order valence-electron chi connectivity index (χ2n) is 12.3. The zero-order valence-electron chi connectivity index (χ0n) is 33.8. The number of benzene rings is 4. The van der Waals surface area contributed by atoms with Crippen LogP contribution in [0.5, 0.6) is 0 Å². The molecule has 0 fully saturated rings. The molecule has 4 aromatic rings. The van der Waals surface area contributed by atoms with E-state index >= 15 is 0 Å². The van der Waals surface area contributed by atoms with Gasteiger partial charge in [-0.1, -0.05) is 171 Å². The molecule has 0 atom stereocenters. The molecule has 10 heteroatoms. The van der Waals surface area contributed by atoms with Gasteiger partial charge in [0.25, 0.3) is 0 Å². The van der Waals surface area contributed by atoms with E-state index in [1.54, 1.807) is 30.4 Å². The SMILES string of the molecule is C=C(SCCCSC(=O)c1ccccc1)c1ccccc1.CC(=O)SCCCSCC=O.CCCCCS.c1ccc(CSCCCSCc2ccccc2)cc1. The molecule has 0 N–H and O–H groups in total. The molecule has 57 heavy (non-hydrogen) atoms. The monoisotopic (exact) mass is 898 g/mol. The Morgan fingerprint density at radius 1 is 0.561 bits per heavy atom. The van der Waals surface area contributed by atoms with Gasteiger partial charge in [-0.25, -0.2) is 0 Å². The summed E-state index contributed by atoms with van der Waals surface area (Å²) in [5.74, 6) is 10.1. The molecule has 4 rings (SSSR count). The van der Waals surface area contributed by atoms with E-state index in [1.807, 2.05) is 72.1 Å². The van der Waals surface area contributed by atoms with Crippen LogP contribution in [0.2, 0.25) is 0 Å². The van der Waals surface area contributed by atoms with Gasteiger partial charge in [0, 0.05) is 46.2 Å². The largest absolute Gasteiger partial charge is 0.302 e. The van der Waals surface area contributed by atoms with Gasteiger partial charge in [0.05, 0.1) is 0 Å². The first-order valence-electron chi connectivity index (χ1n) is 19.5. The third-order valence-corrected chi connectivity index (χ3v) is 13.9. The first-order valence-corrected chi connectivity index (χ1v) is 26.5. The number of hydrogen-bond acceptors (Lipinski definition) is 10. The van der Waals surface area contributed by atoms with Crippen LogP contribution in [0.4, 0.5) is 0 Å². The number of unbranched alkanes of at least 4 members (excludes halogenated alkanes) is 2. The first kappa shape index (κ1) is 53.1. The van der Waals surface area contributed by atoms with Gasteiger partial charge < -0.3 is 4.79 Å². The van der Waals surface area contributed by atoms with E-state index in [4.69, 9.17) is 0 Å². The molecule has 0 heterocycles. The van der Waals surface area contributed by atoms with Crippen LogP contribution in [0.3, 0.4) is 0 Å². The predicted octanol–water partition coefficient (Wildman–Crippen LogP) is 14.3. The molecule has 0 spiro atoms. The molecular formula is C47H62O3S7. The van der Waals surface area contributed by atoms with Crippen molar-refractivity contribution in [3.8, 4) is 0 Å². The van der Waals surface area contributed by atoms with Crippen LogP contribution in [0.25, 0.3) is 4.91 Å². The van der Waals surface area contributed by atoms with Gasteiger partial charge in [-0.2, -0.15) is 47.9 Å². The van der Waals surface area contributed by atoms with Crippen molar-refractivity contribution in [1.29, 1.82) is 0 Å². The molecule has 0 radical (unpaired) electrons. The van der Waals surface area contributed by atoms with Crippen LogP contribution in [0.15, 0.2) is 128 Å². The van der Waals surface area contributed by atoms with E-state index in [0.717, 1.165) is 69.9 Å². The number of carbonyl (C=O) groups excluding carboxylic acids is 3. The summed E-state index contributed by atoms with van der Waals surface area (Å²) < 4.78 is 0. The van der Waals surface area contributed by atoms with Gasteiger partial charge in [-0.3, -0.25) is 9.59 Å². The minimum absolute atomic E-state index is 0.155. The molecular weight excluding hydrogens is 837 g/mol. The third kappa shape index (κ3) is 32.6. The molecule has 0 saturated heterocycles. The number of aldehydes is 1. The van der Waals surface area contributed by atoms with Crippen molar-refractivity contribution < 1.29 is 14.4 Å². The van der Waals surface area contributed by atoms with Crippen LogP contribution in [-0.2, 0) is 21.1 Å². The summed E-state index contributed by atoms with van der Waals surface area (Å²) in [5, 5.41) is 0.327. The molecule has 0 saturated carbocycles. The van der Waals surface area contributed by atoms with E-state index in [1.165, 1.54) is 77.4 Å². The lowest BCUT2D eigenvalue weighted by Gasteiger charge is -2.05. The van der Waals surface area contributed by atoms with Crippen molar-refractivity contribution in [2.45, 2.75) is 63.9 Å². The Bertz CT molecular complexity index is 1440. The van der Waals surface area contributed by atoms with E-state index in [2.05, 4.69) is 98.9 Å². The Kier molecular flexibility index (Phi) is 36.8. The number of thiol groups is 1. The minimum Gasteiger partial charge on any atom is -0.302 e. The van der Waals surface area contributed by atoms with Crippen molar-refractivity contribution >= 4 is 105 Å². The second kappa shape index (κ2) is 39.5. The van der Waals surface area contributed by atoms with Crippen molar-refractivity contribution in [2.24, 2.45) is 0 Å². The highest BCUT2D eigenvalue weighted by Crippen LogP contribution is 2.26. The summed E-state index contributed by atoms with van der Waals surface area (Å²) in [7, 11) is 0. The fraction of sp³-hybridized carbons (Fsp3) is 0.383. The van der Waals surface area contributed by atoms with Gasteiger partial charge in [-0.05, 0) is 71.1 Å². The summed E-state index contributed by atoms with van der Waals surface area (Å²) in [6, 6.07) is 41.1. The maximum atomic E-state index is 11.9. The highest BCUT2D eigenvalue weighted by atomic mass is 32.2. The molecule has 0 bridgehead atoms. The molecule has 310 valence electrons. The number of thioether (sulfide) groups is 6. The first-order chi connectivity index (χ1) is 27.9. The Labute approximate surface area is 376 Å². The van der Waals surface area contributed by atoms with E-state index < -0.39 is 0 Å². The lowest BCUT2D eigenvalue weighted by molar-refractivity contribution is -0.109. The fourth-order valence-electron chi connectivity index (χ4n) is 4.45. The molecule has 0 unspecified atom stereocenters. The van der Waals surface area contributed by atoms with Crippen molar-refractivity contribution in [1.82, 2.24) is 0 Å². The minimum atomic E-state index is 0.155. The molecule has 3 nitrogen and oxygen atoms in total. The van der Waals surface area contributed by atoms with Gasteiger partial charge in [0.2, 0.25) is 5.12 Å². The van der Waals surface area contributed by atoms with E-state index in [-0.39, 0.29) is 10.2 Å². The molecule has 0 amide bonds. The van der Waals surface area contributed by atoms with Gasteiger partial charge in [0.1, 0.15) is 6.29 Å². The Balaban J connectivity index is 0.000000414. The van der Waals surface area contributed by atoms with Crippen molar-refractivity contribution in [3.05, 3.63) is 150 Å². The summed E-state index contributed by atoms with van der Waals surface area (Å²) in [6.45, 7) is 7.87. The maximum Gasteiger partial charge on any atom is 0.219 e. The molecule has 0 aliphatic heterocycles. The smallest absolute Gasteiger partial charge is 0.219 e. The highest BCUT2D eigenvalue weighted by molar-refractivity contribution is 8.14. The highest BCUT2D eigenvalue weighted by Gasteiger charge is 2.05. The van der Waals surface area contributed by atoms with Crippen LogP contribution < -0.4 is 0 Å². The maximum absolute atomic E-state index is 11.9. The molecule has 4 aromatic carbocycles. The molecule has 0 aliphatic carbocycles. The lowest BCUT2D eigenvalue weighted by atomic mass is 10.2. The fourth-order valence-corrected chi connectivity index (χ4v) is 9.86. The molecule has 0 aromatic heterocycles. The third-order valence-electron chi connectivity index (χ3n) is 7.39. The average Bonchev–Trinajstić information content (AvgIpc) is 3.25. The average molecular weight is 899 g/mol. The number of rotatable bonds is 24. The zero-order chi connectivity index (χ0) is 41.4. The predicted molar refractivity (Wildman–Crippen MR) is 270 cm³/mol. The summed E-state index contributed by atoms with van der Waals surface area (Å²) in [6.07, 6.45) is 8.13. The number of hydrogen-bond donors (Lipinski definition) is 1. The number of carbonyl (C=O) groups is 3. The van der Waals surface area contributed by atoms with Crippen molar-refractivity contribution in [2.75, 3.05) is 46.0 Å².